The van der Waals surface area contributed by atoms with Gasteiger partial charge in [-0.25, -0.2) is 9.78 Å². The minimum absolute atomic E-state index is 0.269. The third-order valence-electron chi connectivity index (χ3n) is 1.55. The number of methoxy groups -OCH3 is 1. The SMILES string of the molecule is BC(B)(B)Oc1ccc(C(=O)OC)nc1. The predicted molar refractivity (Wildman–Crippen MR) is 64.6 cm³/mol. The van der Waals surface area contributed by atoms with Gasteiger partial charge in [0.25, 0.3) is 0 Å². The van der Waals surface area contributed by atoms with Gasteiger partial charge in [0, 0.05) is 5.30 Å². The highest BCUT2D eigenvalue weighted by molar-refractivity contribution is 6.58. The predicted octanol–water partition coefficient (Wildman–Crippen LogP) is -2.24. The van der Waals surface area contributed by atoms with Gasteiger partial charge in [0.05, 0.1) is 13.3 Å². The molecule has 0 bridgehead atoms. The van der Waals surface area contributed by atoms with Crippen molar-refractivity contribution < 1.29 is 14.3 Å². The van der Waals surface area contributed by atoms with Gasteiger partial charge in [-0.3, -0.25) is 0 Å². The van der Waals surface area contributed by atoms with E-state index in [0.717, 1.165) is 0 Å². The van der Waals surface area contributed by atoms with Crippen LogP contribution in [-0.2, 0) is 4.74 Å². The third kappa shape index (κ3) is 3.69. The van der Waals surface area contributed by atoms with E-state index in [2.05, 4.69) is 9.72 Å². The minimum Gasteiger partial charge on any atom is -0.512 e. The Morgan fingerprint density at radius 3 is 2.47 bits per heavy atom. The van der Waals surface area contributed by atoms with Crippen LogP contribution in [0.1, 0.15) is 10.5 Å². The van der Waals surface area contributed by atoms with Gasteiger partial charge >= 0.3 is 5.97 Å². The van der Waals surface area contributed by atoms with Crippen molar-refractivity contribution in [1.82, 2.24) is 4.98 Å². The van der Waals surface area contributed by atoms with Gasteiger partial charge in [0.1, 0.15) is 35.0 Å². The fraction of sp³-hybridized carbons (Fsp3) is 0.250. The van der Waals surface area contributed by atoms with Crippen LogP contribution in [0, 0.1) is 0 Å². The molecule has 1 aromatic rings. The average Bonchev–Trinajstić information content (AvgIpc) is 2.15. The van der Waals surface area contributed by atoms with Crippen LogP contribution >= 0.6 is 0 Å². The zero-order chi connectivity index (χ0) is 11.5. The first kappa shape index (κ1) is 11.7. The van der Waals surface area contributed by atoms with Crippen molar-refractivity contribution in [1.29, 1.82) is 0 Å². The number of nitrogens with zero attached hydrogens (tertiary/aromatic N) is 1. The fourth-order valence-electron chi connectivity index (χ4n) is 1.02. The third-order valence-corrected chi connectivity index (χ3v) is 1.55. The Kier molecular flexibility index (Phi) is 3.45. The molecular formula is C8H12B3NO3. The Morgan fingerprint density at radius 1 is 1.40 bits per heavy atom. The molecule has 0 saturated heterocycles. The summed E-state index contributed by atoms with van der Waals surface area (Å²) in [5.74, 6) is 0.187. The van der Waals surface area contributed by atoms with Gasteiger partial charge in [-0.15, -0.1) is 0 Å². The van der Waals surface area contributed by atoms with E-state index in [1.807, 2.05) is 23.5 Å². The minimum atomic E-state index is -0.447. The largest absolute Gasteiger partial charge is 0.512 e. The molecule has 0 aliphatic heterocycles. The van der Waals surface area contributed by atoms with E-state index >= 15 is 0 Å². The molecule has 76 valence electrons. The van der Waals surface area contributed by atoms with Crippen LogP contribution in [0.5, 0.6) is 5.75 Å². The van der Waals surface area contributed by atoms with Crippen LogP contribution in [0.3, 0.4) is 0 Å². The maximum absolute atomic E-state index is 11.1. The highest BCUT2D eigenvalue weighted by atomic mass is 16.5. The Morgan fingerprint density at radius 2 is 2.07 bits per heavy atom. The molecule has 1 rings (SSSR count). The summed E-state index contributed by atoms with van der Waals surface area (Å²) in [5, 5.41) is -0.269. The molecule has 0 atom stereocenters. The number of hydrogen-bond donors (Lipinski definition) is 0. The van der Waals surface area contributed by atoms with Crippen molar-refractivity contribution in [3.05, 3.63) is 24.0 Å². The van der Waals surface area contributed by atoms with E-state index in [-0.39, 0.29) is 11.0 Å². The van der Waals surface area contributed by atoms with E-state index in [1.54, 1.807) is 12.1 Å². The Balaban J connectivity index is 2.77. The van der Waals surface area contributed by atoms with Gasteiger partial charge in [-0.2, -0.15) is 0 Å². The lowest BCUT2D eigenvalue weighted by Gasteiger charge is -2.21. The van der Waals surface area contributed by atoms with Crippen molar-refractivity contribution in [2.45, 2.75) is 5.30 Å². The van der Waals surface area contributed by atoms with Crippen LogP contribution in [0.4, 0.5) is 0 Å². The molecule has 7 heteroatoms. The molecule has 0 aliphatic rings. The molecule has 0 N–H and O–H groups in total. The molecule has 0 unspecified atom stereocenters. The molecule has 15 heavy (non-hydrogen) atoms. The lowest BCUT2D eigenvalue weighted by molar-refractivity contribution is 0.0594. The molecule has 1 heterocycles. The number of carbonyl (C=O) groups excluding carboxylic acids is 1. The van der Waals surface area contributed by atoms with E-state index in [1.165, 1.54) is 13.3 Å². The van der Waals surface area contributed by atoms with Crippen LogP contribution in [0.2, 0.25) is 0 Å². The van der Waals surface area contributed by atoms with E-state index < -0.39 is 5.97 Å². The lowest BCUT2D eigenvalue weighted by atomic mass is 9.52. The van der Waals surface area contributed by atoms with Gasteiger partial charge < -0.3 is 9.47 Å². The van der Waals surface area contributed by atoms with Crippen molar-refractivity contribution in [2.24, 2.45) is 0 Å². The molecular weight excluding hydrogens is 191 g/mol. The Hall–Kier alpha value is -1.39. The first-order valence-electron chi connectivity index (χ1n) is 4.66. The molecule has 0 saturated carbocycles. The summed E-state index contributed by atoms with van der Waals surface area (Å²) in [6.45, 7) is 0. The Labute approximate surface area is 91.6 Å². The fourth-order valence-corrected chi connectivity index (χ4v) is 1.02. The van der Waals surface area contributed by atoms with E-state index in [0.29, 0.717) is 5.75 Å². The summed E-state index contributed by atoms with van der Waals surface area (Å²) in [4.78, 5) is 15.0. The van der Waals surface area contributed by atoms with Crippen LogP contribution in [-0.4, -0.2) is 46.9 Å². The van der Waals surface area contributed by atoms with Crippen molar-refractivity contribution in [3.63, 3.8) is 0 Å². The van der Waals surface area contributed by atoms with Crippen LogP contribution in [0.15, 0.2) is 18.3 Å². The second-order valence-electron chi connectivity index (χ2n) is 4.09. The van der Waals surface area contributed by atoms with Crippen molar-refractivity contribution >= 4 is 29.5 Å². The Bertz CT molecular complexity index is 347. The van der Waals surface area contributed by atoms with Crippen molar-refractivity contribution in [3.8, 4) is 5.75 Å². The molecule has 0 amide bonds. The maximum atomic E-state index is 11.1. The monoisotopic (exact) mass is 203 g/mol. The number of esters is 1. The number of aromatic nitrogens is 1. The highest BCUT2D eigenvalue weighted by Crippen LogP contribution is 2.12. The van der Waals surface area contributed by atoms with E-state index in [4.69, 9.17) is 4.74 Å². The zero-order valence-electron chi connectivity index (χ0n) is 9.40. The number of rotatable bonds is 3. The smallest absolute Gasteiger partial charge is 0.356 e. The molecule has 0 aromatic carbocycles. The average molecular weight is 203 g/mol. The van der Waals surface area contributed by atoms with Crippen LogP contribution in [0.25, 0.3) is 0 Å². The molecule has 4 nitrogen and oxygen atoms in total. The summed E-state index contributed by atoms with van der Waals surface area (Å²) in [5.41, 5.74) is 0.277. The van der Waals surface area contributed by atoms with Crippen LogP contribution < -0.4 is 4.74 Å². The highest BCUT2D eigenvalue weighted by Gasteiger charge is 2.13. The first-order valence-corrected chi connectivity index (χ1v) is 4.66. The number of pyridine rings is 1. The zero-order valence-corrected chi connectivity index (χ0v) is 9.40. The normalized spacial score (nSPS) is 10.7. The van der Waals surface area contributed by atoms with Gasteiger partial charge in [-0.1, -0.05) is 0 Å². The molecule has 0 spiro atoms. The second kappa shape index (κ2) is 4.42. The molecule has 1 aromatic heterocycles. The standard InChI is InChI=1S/C8H12B3NO3/c1-14-7(13)6-3-2-5(4-12-6)15-8(9,10)11/h2-4H,9-11H2,1H3. The number of carbonyl (C=O) groups is 1. The van der Waals surface area contributed by atoms with Gasteiger partial charge in [0.2, 0.25) is 0 Å². The second-order valence-corrected chi connectivity index (χ2v) is 4.09. The summed E-state index contributed by atoms with van der Waals surface area (Å²) in [6, 6.07) is 3.28. The summed E-state index contributed by atoms with van der Waals surface area (Å²) in [6.07, 6.45) is 1.51. The maximum Gasteiger partial charge on any atom is 0.356 e. The van der Waals surface area contributed by atoms with E-state index in [9.17, 15) is 4.79 Å². The molecule has 0 fully saturated rings. The first-order chi connectivity index (χ1) is 6.92. The topological polar surface area (TPSA) is 48.4 Å². The molecule has 0 radical (unpaired) electrons. The quantitative estimate of drug-likeness (QED) is 0.411. The number of ether oxygens (including phenoxy) is 2. The summed E-state index contributed by atoms with van der Waals surface area (Å²) < 4.78 is 10.1. The van der Waals surface area contributed by atoms with Gasteiger partial charge in [0.15, 0.2) is 0 Å². The number of hydrogen-bond acceptors (Lipinski definition) is 4. The lowest BCUT2D eigenvalue weighted by Crippen LogP contribution is -2.37. The summed E-state index contributed by atoms with van der Waals surface area (Å²) in [7, 11) is 7.16. The summed E-state index contributed by atoms with van der Waals surface area (Å²) >= 11 is 0. The molecule has 0 aliphatic carbocycles. The van der Waals surface area contributed by atoms with Crippen molar-refractivity contribution in [2.75, 3.05) is 7.11 Å². The van der Waals surface area contributed by atoms with Gasteiger partial charge in [-0.05, 0) is 12.1 Å².